The lowest BCUT2D eigenvalue weighted by molar-refractivity contribution is 0.0484. The van der Waals surface area contributed by atoms with Crippen LogP contribution in [0.15, 0.2) is 0 Å². The van der Waals surface area contributed by atoms with Crippen molar-refractivity contribution >= 4 is 6.09 Å². The van der Waals surface area contributed by atoms with Gasteiger partial charge < -0.3 is 15.4 Å². The van der Waals surface area contributed by atoms with Crippen molar-refractivity contribution in [3.05, 3.63) is 0 Å². The number of alkyl carbamates (subject to hydrolysis) is 1. The number of rotatable bonds is 1. The van der Waals surface area contributed by atoms with E-state index in [1.54, 1.807) is 0 Å². The molecule has 0 aromatic rings. The first kappa shape index (κ1) is 10.7. The largest absolute Gasteiger partial charge is 0.444 e. The molecule has 2 N–H and O–H groups in total. The van der Waals surface area contributed by atoms with Crippen LogP contribution in [-0.4, -0.2) is 30.3 Å². The van der Waals surface area contributed by atoms with E-state index >= 15 is 0 Å². The summed E-state index contributed by atoms with van der Waals surface area (Å²) in [5, 5.41) is 6.36. The molecule has 4 heteroatoms. The minimum absolute atomic E-state index is 0.0492. The predicted molar refractivity (Wildman–Crippen MR) is 57.7 cm³/mol. The highest BCUT2D eigenvalue weighted by molar-refractivity contribution is 5.69. The van der Waals surface area contributed by atoms with Crippen LogP contribution in [0.25, 0.3) is 0 Å². The minimum atomic E-state index is -0.405. The van der Waals surface area contributed by atoms with Crippen LogP contribution in [0.4, 0.5) is 4.79 Å². The van der Waals surface area contributed by atoms with Crippen LogP contribution in [-0.2, 0) is 4.74 Å². The van der Waals surface area contributed by atoms with Crippen LogP contribution in [0, 0.1) is 5.92 Å². The van der Waals surface area contributed by atoms with Gasteiger partial charge in [0.05, 0.1) is 0 Å². The molecule has 1 saturated carbocycles. The molecule has 0 bridgehead atoms. The molecule has 2 atom stereocenters. The molecule has 15 heavy (non-hydrogen) atoms. The zero-order valence-electron chi connectivity index (χ0n) is 9.72. The highest BCUT2D eigenvalue weighted by Gasteiger charge is 2.56. The quantitative estimate of drug-likeness (QED) is 0.688. The van der Waals surface area contributed by atoms with E-state index in [0.717, 1.165) is 25.9 Å². The van der Waals surface area contributed by atoms with Crippen LogP contribution in [0.5, 0.6) is 0 Å². The monoisotopic (exact) mass is 212 g/mol. The first-order valence-corrected chi connectivity index (χ1v) is 5.63. The number of amides is 1. The van der Waals surface area contributed by atoms with Gasteiger partial charge >= 0.3 is 6.09 Å². The normalized spacial score (nSPS) is 34.2. The number of hydrogen-bond donors (Lipinski definition) is 2. The number of fused-ring (bicyclic) bond motifs is 1. The SMILES string of the molecule is CC(C)(C)OC(=O)N[C@@]12CCNC[C@H]1C2. The van der Waals surface area contributed by atoms with Gasteiger partial charge in [0.1, 0.15) is 5.60 Å². The standard InChI is InChI=1S/C11H20N2O2/c1-10(2,3)15-9(14)13-11-4-5-12-7-8(11)6-11/h8,12H,4-7H2,1-3H3,(H,13,14)/t8-,11-/m1/s1. The smallest absolute Gasteiger partial charge is 0.408 e. The van der Waals surface area contributed by atoms with Crippen molar-refractivity contribution in [3.8, 4) is 0 Å². The Bertz CT molecular complexity index is 272. The summed E-state index contributed by atoms with van der Waals surface area (Å²) in [5.74, 6) is 0.610. The van der Waals surface area contributed by atoms with Gasteiger partial charge in [0.2, 0.25) is 0 Å². The Labute approximate surface area is 90.8 Å². The number of carbonyl (C=O) groups is 1. The van der Waals surface area contributed by atoms with Crippen molar-refractivity contribution < 1.29 is 9.53 Å². The molecule has 1 saturated heterocycles. The topological polar surface area (TPSA) is 50.4 Å². The second-order valence-corrected chi connectivity index (χ2v) is 5.64. The van der Waals surface area contributed by atoms with Gasteiger partial charge in [0.15, 0.2) is 0 Å². The van der Waals surface area contributed by atoms with Crippen molar-refractivity contribution in [2.24, 2.45) is 5.92 Å². The maximum absolute atomic E-state index is 11.6. The molecule has 0 spiro atoms. The lowest BCUT2D eigenvalue weighted by Gasteiger charge is -2.26. The summed E-state index contributed by atoms with van der Waals surface area (Å²) in [6.07, 6.45) is 1.85. The Kier molecular flexibility index (Phi) is 2.41. The van der Waals surface area contributed by atoms with Crippen LogP contribution in [0.3, 0.4) is 0 Å². The van der Waals surface area contributed by atoms with Gasteiger partial charge in [-0.1, -0.05) is 0 Å². The molecular formula is C11H20N2O2. The highest BCUT2D eigenvalue weighted by Crippen LogP contribution is 2.47. The summed E-state index contributed by atoms with van der Waals surface area (Å²) in [4.78, 5) is 11.6. The van der Waals surface area contributed by atoms with E-state index in [1.807, 2.05) is 20.8 Å². The Morgan fingerprint density at radius 3 is 2.87 bits per heavy atom. The fourth-order valence-corrected chi connectivity index (χ4v) is 2.26. The van der Waals surface area contributed by atoms with Crippen LogP contribution in [0.1, 0.15) is 33.6 Å². The molecule has 1 amide bonds. The third kappa shape index (κ3) is 2.43. The fraction of sp³-hybridized carbons (Fsp3) is 0.909. The maximum atomic E-state index is 11.6. The molecule has 0 aromatic carbocycles. The molecule has 1 aliphatic carbocycles. The summed E-state index contributed by atoms with van der Waals surface area (Å²) in [6, 6.07) is 0. The van der Waals surface area contributed by atoms with Crippen LogP contribution in [0.2, 0.25) is 0 Å². The van der Waals surface area contributed by atoms with Gasteiger partial charge in [-0.3, -0.25) is 0 Å². The molecule has 0 radical (unpaired) electrons. The van der Waals surface area contributed by atoms with Crippen LogP contribution < -0.4 is 10.6 Å². The average molecular weight is 212 g/mol. The third-order valence-electron chi connectivity index (χ3n) is 3.12. The zero-order valence-corrected chi connectivity index (χ0v) is 9.72. The molecule has 0 aromatic heterocycles. The van der Waals surface area contributed by atoms with Crippen molar-refractivity contribution in [1.82, 2.24) is 10.6 Å². The van der Waals surface area contributed by atoms with Crippen molar-refractivity contribution in [1.29, 1.82) is 0 Å². The molecule has 2 rings (SSSR count). The lowest BCUT2D eigenvalue weighted by Crippen LogP contribution is -2.47. The van der Waals surface area contributed by atoms with Crippen molar-refractivity contribution in [2.75, 3.05) is 13.1 Å². The maximum Gasteiger partial charge on any atom is 0.408 e. The van der Waals surface area contributed by atoms with E-state index < -0.39 is 5.60 Å². The van der Waals surface area contributed by atoms with Gasteiger partial charge in [0.25, 0.3) is 0 Å². The molecule has 86 valence electrons. The van der Waals surface area contributed by atoms with E-state index in [0.29, 0.717) is 5.92 Å². The van der Waals surface area contributed by atoms with Gasteiger partial charge in [-0.15, -0.1) is 0 Å². The Balaban J connectivity index is 1.85. The van der Waals surface area contributed by atoms with E-state index in [9.17, 15) is 4.79 Å². The lowest BCUT2D eigenvalue weighted by atomic mass is 10.1. The molecular weight excluding hydrogens is 192 g/mol. The molecule has 2 aliphatic rings. The fourth-order valence-electron chi connectivity index (χ4n) is 2.26. The molecule has 1 aliphatic heterocycles. The summed E-state index contributed by atoms with van der Waals surface area (Å²) in [7, 11) is 0. The second kappa shape index (κ2) is 3.37. The molecule has 1 heterocycles. The first-order chi connectivity index (χ1) is 6.91. The second-order valence-electron chi connectivity index (χ2n) is 5.64. The summed E-state index contributed by atoms with van der Waals surface area (Å²) < 4.78 is 5.26. The van der Waals surface area contributed by atoms with E-state index in [2.05, 4.69) is 10.6 Å². The summed E-state index contributed by atoms with van der Waals surface area (Å²) in [5.41, 5.74) is -0.356. The van der Waals surface area contributed by atoms with E-state index in [1.165, 1.54) is 0 Å². The van der Waals surface area contributed by atoms with Gasteiger partial charge in [-0.2, -0.15) is 0 Å². The molecule has 2 fully saturated rings. The number of carbonyl (C=O) groups excluding carboxylic acids is 1. The third-order valence-corrected chi connectivity index (χ3v) is 3.12. The van der Waals surface area contributed by atoms with Gasteiger partial charge in [-0.05, 0) is 46.1 Å². The minimum Gasteiger partial charge on any atom is -0.444 e. The zero-order chi connectivity index (χ0) is 11.1. The highest BCUT2D eigenvalue weighted by atomic mass is 16.6. The number of hydrogen-bond acceptors (Lipinski definition) is 3. The molecule has 0 unspecified atom stereocenters. The van der Waals surface area contributed by atoms with Gasteiger partial charge in [-0.25, -0.2) is 4.79 Å². The van der Waals surface area contributed by atoms with Crippen molar-refractivity contribution in [2.45, 2.75) is 44.8 Å². The average Bonchev–Trinajstić information content (AvgIpc) is 2.73. The van der Waals surface area contributed by atoms with Crippen LogP contribution >= 0.6 is 0 Å². The van der Waals surface area contributed by atoms with Gasteiger partial charge in [0, 0.05) is 12.1 Å². The first-order valence-electron chi connectivity index (χ1n) is 5.63. The Morgan fingerprint density at radius 1 is 1.53 bits per heavy atom. The van der Waals surface area contributed by atoms with Crippen molar-refractivity contribution in [3.63, 3.8) is 0 Å². The predicted octanol–water partition coefficient (Wildman–Crippen LogP) is 1.26. The number of ether oxygens (including phenoxy) is 1. The number of piperidine rings is 1. The summed E-state index contributed by atoms with van der Waals surface area (Å²) in [6.45, 7) is 7.67. The molecule has 4 nitrogen and oxygen atoms in total. The summed E-state index contributed by atoms with van der Waals surface area (Å²) >= 11 is 0. The Hall–Kier alpha value is -0.770. The number of nitrogens with one attached hydrogen (secondary N) is 2. The Morgan fingerprint density at radius 2 is 2.27 bits per heavy atom. The van der Waals surface area contributed by atoms with E-state index in [-0.39, 0.29) is 11.6 Å². The van der Waals surface area contributed by atoms with E-state index in [4.69, 9.17) is 4.74 Å².